The standard InChI is InChI=1S/C24H27F4N7O2/c1-14(36)8-33-5-4-16(19(37)12-33)10-34-11-18(25)20-21(34)31-13-32-22(20)35(17-2-3-17)9-15-6-29-23(30-7-15)24(26,27)28/h6-7,11,13,16-17,19,37H,2-5,8-10,12H2,1H3. The lowest BCUT2D eigenvalue weighted by molar-refractivity contribution is -0.145. The van der Waals surface area contributed by atoms with Crippen LogP contribution in [-0.2, 0) is 24.1 Å². The molecule has 0 amide bonds. The molecule has 3 aromatic rings. The summed E-state index contributed by atoms with van der Waals surface area (Å²) in [5, 5.41) is 10.9. The van der Waals surface area contributed by atoms with E-state index < -0.39 is 23.9 Å². The fraction of sp³-hybridized carbons (Fsp3) is 0.542. The summed E-state index contributed by atoms with van der Waals surface area (Å²) in [5.41, 5.74) is 0.835. The average Bonchev–Trinajstić information content (AvgIpc) is 3.63. The van der Waals surface area contributed by atoms with Gasteiger partial charge in [0, 0.05) is 55.7 Å². The molecular formula is C24H27F4N7O2. The van der Waals surface area contributed by atoms with E-state index in [1.54, 1.807) is 4.57 Å². The maximum atomic E-state index is 15.3. The second kappa shape index (κ2) is 9.93. The zero-order valence-electron chi connectivity index (χ0n) is 20.2. The van der Waals surface area contributed by atoms with Crippen LogP contribution in [0.2, 0.25) is 0 Å². The van der Waals surface area contributed by atoms with Crippen molar-refractivity contribution >= 4 is 22.6 Å². The molecular weight excluding hydrogens is 494 g/mol. The number of alkyl halides is 3. The number of Topliss-reactive ketones (excluding diaryl/α,β-unsaturated/α-hetero) is 1. The Kier molecular flexibility index (Phi) is 6.84. The van der Waals surface area contributed by atoms with Gasteiger partial charge in [-0.2, -0.15) is 13.2 Å². The van der Waals surface area contributed by atoms with Gasteiger partial charge in [0.1, 0.15) is 23.6 Å². The molecule has 3 aromatic heterocycles. The van der Waals surface area contributed by atoms with Gasteiger partial charge in [0.15, 0.2) is 5.82 Å². The van der Waals surface area contributed by atoms with Crippen molar-refractivity contribution in [2.24, 2.45) is 5.92 Å². The van der Waals surface area contributed by atoms with Crippen LogP contribution in [-0.4, -0.2) is 72.1 Å². The first kappa shape index (κ1) is 25.5. The van der Waals surface area contributed by atoms with Crippen molar-refractivity contribution in [1.82, 2.24) is 29.4 Å². The number of anilines is 1. The summed E-state index contributed by atoms with van der Waals surface area (Å²) in [6.45, 7) is 3.36. The second-order valence-corrected chi connectivity index (χ2v) is 9.85. The molecule has 5 rings (SSSR count). The number of ketones is 1. The topological polar surface area (TPSA) is 100 Å². The third kappa shape index (κ3) is 5.57. The average molecular weight is 522 g/mol. The fourth-order valence-corrected chi connectivity index (χ4v) is 4.93. The molecule has 9 nitrogen and oxygen atoms in total. The van der Waals surface area contributed by atoms with Gasteiger partial charge in [-0.25, -0.2) is 24.3 Å². The van der Waals surface area contributed by atoms with E-state index in [1.807, 2.05) is 9.80 Å². The fourth-order valence-electron chi connectivity index (χ4n) is 4.93. The highest BCUT2D eigenvalue weighted by Crippen LogP contribution is 2.37. The molecule has 37 heavy (non-hydrogen) atoms. The predicted molar refractivity (Wildman–Crippen MR) is 125 cm³/mol. The molecule has 2 atom stereocenters. The quantitative estimate of drug-likeness (QED) is 0.452. The van der Waals surface area contributed by atoms with Gasteiger partial charge in [-0.3, -0.25) is 9.69 Å². The Morgan fingerprint density at radius 2 is 1.89 bits per heavy atom. The number of aliphatic hydroxyl groups is 1. The van der Waals surface area contributed by atoms with E-state index in [0.717, 1.165) is 25.2 Å². The second-order valence-electron chi connectivity index (χ2n) is 9.85. The molecule has 0 aromatic carbocycles. The number of aliphatic hydroxyl groups excluding tert-OH is 1. The van der Waals surface area contributed by atoms with Crippen LogP contribution in [0.5, 0.6) is 0 Å². The molecule has 13 heteroatoms. The van der Waals surface area contributed by atoms with Gasteiger partial charge < -0.3 is 14.6 Å². The van der Waals surface area contributed by atoms with Crippen LogP contribution in [0, 0.1) is 11.7 Å². The SMILES string of the molecule is CC(=O)CN1CCC(Cn2cc(F)c3c(N(Cc4cnc(C(F)(F)F)nc4)C4CC4)ncnc32)C(O)C1. The Morgan fingerprint density at radius 3 is 2.51 bits per heavy atom. The molecule has 1 saturated heterocycles. The highest BCUT2D eigenvalue weighted by molar-refractivity contribution is 5.89. The third-order valence-electron chi connectivity index (χ3n) is 6.84. The molecule has 198 valence electrons. The Balaban J connectivity index is 1.38. The van der Waals surface area contributed by atoms with E-state index in [1.165, 1.54) is 19.4 Å². The van der Waals surface area contributed by atoms with E-state index >= 15 is 4.39 Å². The number of β-amino-alcohol motifs (C(OH)–C–C–N with tert-alkyl or cyclic N) is 1. The molecule has 2 fully saturated rings. The van der Waals surface area contributed by atoms with Crippen LogP contribution in [0.4, 0.5) is 23.4 Å². The van der Waals surface area contributed by atoms with Crippen LogP contribution in [0.1, 0.15) is 37.6 Å². The van der Waals surface area contributed by atoms with Crippen molar-refractivity contribution in [1.29, 1.82) is 0 Å². The van der Waals surface area contributed by atoms with Gasteiger partial charge in [0.05, 0.1) is 18.0 Å². The Bertz CT molecular complexity index is 1280. The number of rotatable bonds is 8. The number of likely N-dealkylation sites (tertiary alicyclic amines) is 1. The van der Waals surface area contributed by atoms with Crippen molar-refractivity contribution in [3.63, 3.8) is 0 Å². The van der Waals surface area contributed by atoms with Crippen molar-refractivity contribution in [3.8, 4) is 0 Å². The Hall–Kier alpha value is -3.19. The molecule has 2 aliphatic rings. The molecule has 4 heterocycles. The molecule has 0 bridgehead atoms. The molecule has 1 aliphatic carbocycles. The lowest BCUT2D eigenvalue weighted by Gasteiger charge is -2.35. The largest absolute Gasteiger partial charge is 0.451 e. The monoisotopic (exact) mass is 521 g/mol. The van der Waals surface area contributed by atoms with Gasteiger partial charge in [0.2, 0.25) is 5.82 Å². The van der Waals surface area contributed by atoms with Crippen LogP contribution < -0.4 is 4.90 Å². The lowest BCUT2D eigenvalue weighted by atomic mass is 9.93. The number of aromatic nitrogens is 5. The van der Waals surface area contributed by atoms with Gasteiger partial charge in [-0.15, -0.1) is 0 Å². The van der Waals surface area contributed by atoms with E-state index in [0.29, 0.717) is 49.6 Å². The number of halogens is 4. The number of carbonyl (C=O) groups excluding carboxylic acids is 1. The summed E-state index contributed by atoms with van der Waals surface area (Å²) >= 11 is 0. The highest BCUT2D eigenvalue weighted by Gasteiger charge is 2.36. The maximum Gasteiger partial charge on any atom is 0.451 e. The number of hydrogen-bond donors (Lipinski definition) is 1. The molecule has 0 radical (unpaired) electrons. The van der Waals surface area contributed by atoms with Crippen LogP contribution >= 0.6 is 0 Å². The molecule has 1 N–H and O–H groups in total. The number of hydrogen-bond acceptors (Lipinski definition) is 8. The summed E-state index contributed by atoms with van der Waals surface area (Å²) in [7, 11) is 0. The third-order valence-corrected chi connectivity index (χ3v) is 6.84. The van der Waals surface area contributed by atoms with Crippen molar-refractivity contribution in [2.45, 2.75) is 57.6 Å². The van der Waals surface area contributed by atoms with E-state index in [-0.39, 0.29) is 29.7 Å². The number of nitrogens with zero attached hydrogens (tertiary/aromatic N) is 7. The minimum Gasteiger partial charge on any atom is -0.391 e. The molecule has 1 aliphatic heterocycles. The summed E-state index contributed by atoms with van der Waals surface area (Å²) in [6.07, 6.45) is 2.00. The lowest BCUT2D eigenvalue weighted by Crippen LogP contribution is -2.46. The normalized spacial score (nSPS) is 20.9. The van der Waals surface area contributed by atoms with Gasteiger partial charge in [0.25, 0.3) is 0 Å². The maximum absolute atomic E-state index is 15.3. The zero-order valence-corrected chi connectivity index (χ0v) is 20.2. The van der Waals surface area contributed by atoms with Crippen LogP contribution in [0.25, 0.3) is 11.0 Å². The van der Waals surface area contributed by atoms with E-state index in [4.69, 9.17) is 0 Å². The van der Waals surface area contributed by atoms with E-state index in [9.17, 15) is 23.1 Å². The molecule has 2 unspecified atom stereocenters. The Labute approximate surface area is 210 Å². The predicted octanol–water partition coefficient (Wildman–Crippen LogP) is 2.82. The van der Waals surface area contributed by atoms with Crippen LogP contribution in [0.3, 0.4) is 0 Å². The molecule has 1 saturated carbocycles. The smallest absolute Gasteiger partial charge is 0.391 e. The first-order valence-electron chi connectivity index (χ1n) is 12.1. The zero-order chi connectivity index (χ0) is 26.3. The van der Waals surface area contributed by atoms with Gasteiger partial charge >= 0.3 is 6.18 Å². The van der Waals surface area contributed by atoms with Gasteiger partial charge in [-0.1, -0.05) is 0 Å². The summed E-state index contributed by atoms with van der Waals surface area (Å²) < 4.78 is 55.5. The van der Waals surface area contributed by atoms with Crippen LogP contribution in [0.15, 0.2) is 24.9 Å². The van der Waals surface area contributed by atoms with Crippen molar-refractivity contribution in [2.75, 3.05) is 24.5 Å². The summed E-state index contributed by atoms with van der Waals surface area (Å²) in [4.78, 5) is 30.7. The van der Waals surface area contributed by atoms with Crippen molar-refractivity contribution in [3.05, 3.63) is 42.1 Å². The number of fused-ring (bicyclic) bond motifs is 1. The highest BCUT2D eigenvalue weighted by atomic mass is 19.4. The van der Waals surface area contributed by atoms with Gasteiger partial charge in [-0.05, 0) is 32.7 Å². The number of piperidine rings is 1. The molecule has 0 spiro atoms. The van der Waals surface area contributed by atoms with E-state index in [2.05, 4.69) is 19.9 Å². The van der Waals surface area contributed by atoms with Crippen molar-refractivity contribution < 1.29 is 27.5 Å². The Morgan fingerprint density at radius 1 is 1.16 bits per heavy atom. The number of carbonyl (C=O) groups is 1. The summed E-state index contributed by atoms with van der Waals surface area (Å²) in [6, 6.07) is 0.0653. The first-order chi connectivity index (χ1) is 17.6. The summed E-state index contributed by atoms with van der Waals surface area (Å²) in [5.74, 6) is -1.46. The minimum absolute atomic E-state index is 0.0384. The first-order valence-corrected chi connectivity index (χ1v) is 12.1. The minimum atomic E-state index is -4.63.